The van der Waals surface area contributed by atoms with Gasteiger partial charge in [-0.2, -0.15) is 0 Å². The van der Waals surface area contributed by atoms with E-state index in [0.29, 0.717) is 5.82 Å². The van der Waals surface area contributed by atoms with Crippen molar-refractivity contribution in [3.05, 3.63) is 224 Å². The molecule has 0 spiro atoms. The van der Waals surface area contributed by atoms with Gasteiger partial charge in [0.2, 0.25) is 0 Å². The van der Waals surface area contributed by atoms with E-state index in [0.717, 1.165) is 116 Å². The smallest absolute Gasteiger partial charge is 0.160 e. The first kappa shape index (κ1) is 36.4. The average molecular weight is 804 g/mol. The maximum absolute atomic E-state index is 6.65. The van der Waals surface area contributed by atoms with Crippen molar-refractivity contribution in [2.45, 2.75) is 0 Å². The largest absolute Gasteiger partial charge is 0.456 e. The van der Waals surface area contributed by atoms with E-state index in [2.05, 4.69) is 182 Å². The summed E-state index contributed by atoms with van der Waals surface area (Å²) in [4.78, 5) is 15.9. The Labute approximate surface area is 364 Å². The Morgan fingerprint density at radius 3 is 1.43 bits per heavy atom. The lowest BCUT2D eigenvalue weighted by atomic mass is 9.88. The molecule has 0 saturated carbocycles. The highest BCUT2D eigenvalue weighted by molar-refractivity contribution is 6.27. The second-order valence-electron chi connectivity index (χ2n) is 15.9. The van der Waals surface area contributed by atoms with E-state index in [1.807, 2.05) is 42.5 Å². The number of nitrogens with zero attached hydrogens (tertiary/aromatic N) is 3. The summed E-state index contributed by atoms with van der Waals surface area (Å²) >= 11 is 0. The van der Waals surface area contributed by atoms with Gasteiger partial charge in [0.05, 0.1) is 22.6 Å². The molecule has 3 heterocycles. The van der Waals surface area contributed by atoms with E-state index in [4.69, 9.17) is 19.4 Å². The molecule has 12 aromatic rings. The molecule has 9 aromatic carbocycles. The fraction of sp³-hybridized carbons (Fsp3) is 0. The van der Waals surface area contributed by atoms with Gasteiger partial charge < -0.3 is 4.42 Å². The molecule has 294 valence electrons. The summed E-state index contributed by atoms with van der Waals surface area (Å²) < 4.78 is 6.65. The van der Waals surface area contributed by atoms with Crippen LogP contribution in [-0.2, 0) is 0 Å². The fourth-order valence-electron chi connectivity index (χ4n) is 9.17. The maximum atomic E-state index is 6.65. The molecule has 0 aliphatic heterocycles. The Morgan fingerprint density at radius 2 is 0.778 bits per heavy atom. The number of rotatable bonds is 7. The zero-order valence-corrected chi connectivity index (χ0v) is 34.1. The SMILES string of the molecule is c1ccc(-c2nc(-c3ccccc3)c(-c3cccc(-c4ccc(-c5c6c(cc7c(-c8ccccc8)nc8ccccc8c57)oc5ccccc56)cc4)c3)c(-c3ccccc3)n2)cc1. The van der Waals surface area contributed by atoms with Gasteiger partial charge in [0.15, 0.2) is 5.82 Å². The number of aromatic nitrogens is 3. The summed E-state index contributed by atoms with van der Waals surface area (Å²) in [6.45, 7) is 0. The van der Waals surface area contributed by atoms with Crippen LogP contribution < -0.4 is 0 Å². The minimum Gasteiger partial charge on any atom is -0.456 e. The molecule has 0 fully saturated rings. The lowest BCUT2D eigenvalue weighted by Crippen LogP contribution is -2.01. The first-order chi connectivity index (χ1) is 31.2. The maximum Gasteiger partial charge on any atom is 0.160 e. The van der Waals surface area contributed by atoms with Crippen molar-refractivity contribution < 1.29 is 4.42 Å². The normalized spacial score (nSPS) is 11.5. The van der Waals surface area contributed by atoms with Crippen LogP contribution in [0.1, 0.15) is 0 Å². The van der Waals surface area contributed by atoms with E-state index in [1.54, 1.807) is 0 Å². The number of pyridine rings is 1. The predicted octanol–water partition coefficient (Wildman–Crippen LogP) is 15.7. The van der Waals surface area contributed by atoms with E-state index in [1.165, 1.54) is 0 Å². The molecule has 0 atom stereocenters. The third kappa shape index (κ3) is 6.36. The van der Waals surface area contributed by atoms with Crippen LogP contribution >= 0.6 is 0 Å². The second-order valence-corrected chi connectivity index (χ2v) is 15.9. The second kappa shape index (κ2) is 15.2. The van der Waals surface area contributed by atoms with Crippen molar-refractivity contribution in [1.29, 1.82) is 0 Å². The van der Waals surface area contributed by atoms with Crippen molar-refractivity contribution in [3.63, 3.8) is 0 Å². The molecule has 0 N–H and O–H groups in total. The van der Waals surface area contributed by atoms with Crippen LogP contribution in [0, 0.1) is 0 Å². The first-order valence-electron chi connectivity index (χ1n) is 21.3. The monoisotopic (exact) mass is 803 g/mol. The molecule has 12 rings (SSSR count). The fourth-order valence-corrected chi connectivity index (χ4v) is 9.17. The Morgan fingerprint density at radius 1 is 0.270 bits per heavy atom. The van der Waals surface area contributed by atoms with Gasteiger partial charge in [-0.25, -0.2) is 15.0 Å². The molecule has 0 aliphatic rings. The van der Waals surface area contributed by atoms with Gasteiger partial charge in [-0.1, -0.05) is 200 Å². The molecule has 0 amide bonds. The Hall–Kier alpha value is -8.47. The number of hydrogen-bond donors (Lipinski definition) is 0. The van der Waals surface area contributed by atoms with Crippen molar-refractivity contribution in [2.24, 2.45) is 0 Å². The van der Waals surface area contributed by atoms with Crippen molar-refractivity contribution in [1.82, 2.24) is 15.0 Å². The summed E-state index contributed by atoms with van der Waals surface area (Å²) in [5.74, 6) is 0.691. The minimum atomic E-state index is 0.691. The third-order valence-electron chi connectivity index (χ3n) is 12.1. The van der Waals surface area contributed by atoms with Crippen LogP contribution in [-0.4, -0.2) is 15.0 Å². The van der Waals surface area contributed by atoms with Crippen LogP contribution in [0.2, 0.25) is 0 Å². The lowest BCUT2D eigenvalue weighted by molar-refractivity contribution is 0.669. The predicted molar refractivity (Wildman–Crippen MR) is 260 cm³/mol. The Kier molecular flexibility index (Phi) is 8.79. The molecule has 63 heavy (non-hydrogen) atoms. The van der Waals surface area contributed by atoms with E-state index < -0.39 is 0 Å². The summed E-state index contributed by atoms with van der Waals surface area (Å²) in [5, 5.41) is 5.52. The molecule has 0 saturated heterocycles. The molecular formula is C59H37N3O. The lowest BCUT2D eigenvalue weighted by Gasteiger charge is -2.18. The number of furan rings is 1. The highest BCUT2D eigenvalue weighted by Gasteiger charge is 2.23. The average Bonchev–Trinajstić information content (AvgIpc) is 3.74. The molecule has 4 heteroatoms. The van der Waals surface area contributed by atoms with Gasteiger partial charge in [-0.15, -0.1) is 0 Å². The van der Waals surface area contributed by atoms with Gasteiger partial charge in [-0.3, -0.25) is 0 Å². The van der Waals surface area contributed by atoms with Crippen LogP contribution in [0.5, 0.6) is 0 Å². The van der Waals surface area contributed by atoms with E-state index >= 15 is 0 Å². The molecule has 3 aromatic heterocycles. The highest BCUT2D eigenvalue weighted by Crippen LogP contribution is 2.47. The summed E-state index contributed by atoms with van der Waals surface area (Å²) in [6.07, 6.45) is 0. The Bertz CT molecular complexity index is 3580. The van der Waals surface area contributed by atoms with Crippen molar-refractivity contribution in [2.75, 3.05) is 0 Å². The van der Waals surface area contributed by atoms with Crippen LogP contribution in [0.15, 0.2) is 229 Å². The molecule has 0 aliphatic carbocycles. The summed E-state index contributed by atoms with van der Waals surface area (Å²) in [7, 11) is 0. The van der Waals surface area contributed by atoms with Crippen molar-refractivity contribution in [3.8, 4) is 78.5 Å². The standard InChI is InChI=1S/C59H37N3O/c1-5-18-40(19-6-1)56-48-37-51-55(47-29-14-16-31-50(47)63-51)52(54(48)46-28-13-15-30-49(46)60-56)39-34-32-38(33-35-39)44-26-17-27-45(36-44)53-57(41-20-7-2-8-21-41)61-59(43-24-11-4-12-25-43)62-58(53)42-22-9-3-10-23-42/h1-37H. The minimum absolute atomic E-state index is 0.691. The van der Waals surface area contributed by atoms with Crippen LogP contribution in [0.25, 0.3) is 122 Å². The quantitative estimate of drug-likeness (QED) is 0.151. The molecule has 0 radical (unpaired) electrons. The number of fused-ring (bicyclic) bond motifs is 6. The zero-order chi connectivity index (χ0) is 41.7. The third-order valence-corrected chi connectivity index (χ3v) is 12.1. The van der Waals surface area contributed by atoms with E-state index in [9.17, 15) is 0 Å². The first-order valence-corrected chi connectivity index (χ1v) is 21.3. The zero-order valence-electron chi connectivity index (χ0n) is 34.1. The highest BCUT2D eigenvalue weighted by atomic mass is 16.3. The van der Waals surface area contributed by atoms with Crippen LogP contribution in [0.3, 0.4) is 0 Å². The molecule has 4 nitrogen and oxygen atoms in total. The number of benzene rings is 9. The summed E-state index contributed by atoms with van der Waals surface area (Å²) in [6, 6.07) is 78.4. The van der Waals surface area contributed by atoms with Gasteiger partial charge in [0.1, 0.15) is 11.2 Å². The Balaban J connectivity index is 1.06. The van der Waals surface area contributed by atoms with E-state index in [-0.39, 0.29) is 0 Å². The van der Waals surface area contributed by atoms with Gasteiger partial charge in [-0.05, 0) is 46.5 Å². The molecular weight excluding hydrogens is 767 g/mol. The van der Waals surface area contributed by atoms with Crippen LogP contribution in [0.4, 0.5) is 0 Å². The van der Waals surface area contributed by atoms with Crippen molar-refractivity contribution >= 4 is 43.6 Å². The van der Waals surface area contributed by atoms with Gasteiger partial charge in [0, 0.05) is 60.3 Å². The number of hydrogen-bond acceptors (Lipinski definition) is 4. The molecule has 0 unspecified atom stereocenters. The number of para-hydroxylation sites is 2. The topological polar surface area (TPSA) is 51.8 Å². The van der Waals surface area contributed by atoms with Gasteiger partial charge in [0.25, 0.3) is 0 Å². The van der Waals surface area contributed by atoms with Gasteiger partial charge >= 0.3 is 0 Å². The molecule has 0 bridgehead atoms. The summed E-state index contributed by atoms with van der Waals surface area (Å²) in [5.41, 5.74) is 16.0.